The van der Waals surface area contributed by atoms with Crippen molar-refractivity contribution in [2.24, 2.45) is 5.92 Å². The fourth-order valence-corrected chi connectivity index (χ4v) is 5.04. The quantitative estimate of drug-likeness (QED) is 0.507. The van der Waals surface area contributed by atoms with E-state index in [0.29, 0.717) is 28.4 Å². The summed E-state index contributed by atoms with van der Waals surface area (Å²) >= 11 is 7.46. The van der Waals surface area contributed by atoms with Crippen LogP contribution in [0.15, 0.2) is 24.4 Å². The Hall–Kier alpha value is -2.12. The van der Waals surface area contributed by atoms with Crippen molar-refractivity contribution in [1.29, 1.82) is 0 Å². The van der Waals surface area contributed by atoms with Crippen LogP contribution in [-0.2, 0) is 11.3 Å². The molecule has 1 atom stereocenters. The van der Waals surface area contributed by atoms with Gasteiger partial charge in [-0.1, -0.05) is 37.3 Å². The van der Waals surface area contributed by atoms with Crippen LogP contribution in [0, 0.1) is 12.8 Å². The van der Waals surface area contributed by atoms with Gasteiger partial charge in [0.1, 0.15) is 6.04 Å². The van der Waals surface area contributed by atoms with Crippen LogP contribution in [0.3, 0.4) is 0 Å². The SMILES string of the molecule is Cc1ncc(Cl)cc1NCc1ccc(C(=O)NC(CC2CCCC2)C(=O)NC2CC2)s1. The maximum atomic E-state index is 12.9. The lowest BCUT2D eigenvalue weighted by atomic mass is 9.97. The summed E-state index contributed by atoms with van der Waals surface area (Å²) in [4.78, 5) is 31.5. The number of rotatable bonds is 9. The number of carbonyl (C=O) groups excluding carboxylic acids is 2. The summed E-state index contributed by atoms with van der Waals surface area (Å²) in [7, 11) is 0. The highest BCUT2D eigenvalue weighted by atomic mass is 35.5. The maximum Gasteiger partial charge on any atom is 0.262 e. The normalized spacial score (nSPS) is 17.4. The number of hydrogen-bond acceptors (Lipinski definition) is 5. The van der Waals surface area contributed by atoms with Crippen LogP contribution in [0.4, 0.5) is 5.69 Å². The van der Waals surface area contributed by atoms with Gasteiger partial charge < -0.3 is 16.0 Å². The second-order valence-corrected chi connectivity index (χ2v) is 10.2. The number of nitrogens with one attached hydrogen (secondary N) is 3. The van der Waals surface area contributed by atoms with Gasteiger partial charge in [-0.15, -0.1) is 11.3 Å². The Morgan fingerprint density at radius 1 is 1.23 bits per heavy atom. The topological polar surface area (TPSA) is 83.1 Å². The lowest BCUT2D eigenvalue weighted by molar-refractivity contribution is -0.123. The predicted molar refractivity (Wildman–Crippen MR) is 125 cm³/mol. The third-order valence-electron chi connectivity index (χ3n) is 5.98. The summed E-state index contributed by atoms with van der Waals surface area (Å²) < 4.78 is 0. The Morgan fingerprint density at radius 3 is 2.74 bits per heavy atom. The highest BCUT2D eigenvalue weighted by molar-refractivity contribution is 7.14. The first-order valence-corrected chi connectivity index (χ1v) is 12.2. The molecule has 166 valence electrons. The van der Waals surface area contributed by atoms with Crippen molar-refractivity contribution >= 4 is 40.4 Å². The molecule has 0 aromatic carbocycles. The Morgan fingerprint density at radius 2 is 2.00 bits per heavy atom. The molecule has 31 heavy (non-hydrogen) atoms. The molecule has 2 amide bonds. The first-order valence-electron chi connectivity index (χ1n) is 11.0. The Bertz CT molecular complexity index is 937. The van der Waals surface area contributed by atoms with Crippen molar-refractivity contribution in [2.45, 2.75) is 70.5 Å². The number of amides is 2. The minimum atomic E-state index is -0.458. The first kappa shape index (κ1) is 22.1. The van der Waals surface area contributed by atoms with Gasteiger partial charge in [0, 0.05) is 23.7 Å². The number of hydrogen-bond donors (Lipinski definition) is 3. The first-order chi connectivity index (χ1) is 15.0. The van der Waals surface area contributed by atoms with Crippen LogP contribution in [-0.4, -0.2) is 28.9 Å². The van der Waals surface area contributed by atoms with Crippen molar-refractivity contribution < 1.29 is 9.59 Å². The van der Waals surface area contributed by atoms with E-state index in [1.807, 2.05) is 25.1 Å². The molecule has 0 radical (unpaired) electrons. The predicted octanol–water partition coefficient (Wildman–Crippen LogP) is 4.67. The highest BCUT2D eigenvalue weighted by Gasteiger charge is 2.31. The number of anilines is 1. The Labute approximate surface area is 192 Å². The molecule has 0 aliphatic heterocycles. The third-order valence-corrected chi connectivity index (χ3v) is 7.27. The molecule has 2 aromatic heterocycles. The molecule has 2 aliphatic rings. The van der Waals surface area contributed by atoms with Crippen LogP contribution in [0.2, 0.25) is 5.02 Å². The molecule has 2 aliphatic carbocycles. The van der Waals surface area contributed by atoms with Crippen molar-refractivity contribution in [3.63, 3.8) is 0 Å². The number of aromatic nitrogens is 1. The second kappa shape index (κ2) is 10.0. The van der Waals surface area contributed by atoms with Crippen LogP contribution in [0.1, 0.15) is 65.2 Å². The van der Waals surface area contributed by atoms with Crippen molar-refractivity contribution in [2.75, 3.05) is 5.32 Å². The minimum Gasteiger partial charge on any atom is -0.379 e. The summed E-state index contributed by atoms with van der Waals surface area (Å²) in [6.07, 6.45) is 9.17. The van der Waals surface area contributed by atoms with Gasteiger partial charge in [0.2, 0.25) is 5.91 Å². The van der Waals surface area contributed by atoms with Crippen molar-refractivity contribution in [3.05, 3.63) is 44.9 Å². The summed E-state index contributed by atoms with van der Waals surface area (Å²) in [5.74, 6) is 0.309. The Balaban J connectivity index is 1.36. The molecule has 0 bridgehead atoms. The van der Waals surface area contributed by atoms with E-state index in [2.05, 4.69) is 20.9 Å². The van der Waals surface area contributed by atoms with Crippen molar-refractivity contribution in [3.8, 4) is 0 Å². The lowest BCUT2D eigenvalue weighted by Crippen LogP contribution is -2.48. The standard InChI is InChI=1S/C23H29ClN4O2S/c1-14-19(11-16(24)12-25-14)26-13-18-8-9-21(31-18)23(30)28-20(10-15-4-2-3-5-15)22(29)27-17-6-7-17/h8-9,11-12,15,17,20,26H,2-7,10,13H2,1H3,(H,27,29)(H,28,30). The molecular weight excluding hydrogens is 432 g/mol. The number of pyridine rings is 1. The zero-order valence-corrected chi connectivity index (χ0v) is 19.3. The van der Waals surface area contributed by atoms with Gasteiger partial charge in [0.25, 0.3) is 5.91 Å². The lowest BCUT2D eigenvalue weighted by Gasteiger charge is -2.21. The van der Waals surface area contributed by atoms with E-state index in [-0.39, 0.29) is 11.8 Å². The molecule has 0 saturated heterocycles. The third kappa shape index (κ3) is 6.20. The average Bonchev–Trinajstić information content (AvgIpc) is 3.21. The zero-order valence-electron chi connectivity index (χ0n) is 17.7. The van der Waals surface area contributed by atoms with E-state index in [1.54, 1.807) is 6.20 Å². The van der Waals surface area contributed by atoms with Gasteiger partial charge in [-0.05, 0) is 50.3 Å². The molecule has 1 unspecified atom stereocenters. The fourth-order valence-electron chi connectivity index (χ4n) is 4.03. The van der Waals surface area contributed by atoms with Gasteiger partial charge in [-0.2, -0.15) is 0 Å². The van der Waals surface area contributed by atoms with Crippen LogP contribution in [0.5, 0.6) is 0 Å². The van der Waals surface area contributed by atoms with E-state index in [0.717, 1.165) is 48.4 Å². The smallest absolute Gasteiger partial charge is 0.262 e. The Kier molecular flexibility index (Phi) is 7.13. The second-order valence-electron chi connectivity index (χ2n) is 8.60. The highest BCUT2D eigenvalue weighted by Crippen LogP contribution is 2.29. The van der Waals surface area contributed by atoms with E-state index in [1.165, 1.54) is 24.2 Å². The van der Waals surface area contributed by atoms with E-state index in [4.69, 9.17) is 11.6 Å². The number of aryl methyl sites for hydroxylation is 1. The van der Waals surface area contributed by atoms with Crippen LogP contribution in [0.25, 0.3) is 0 Å². The average molecular weight is 461 g/mol. The van der Waals surface area contributed by atoms with Gasteiger partial charge in [0.15, 0.2) is 0 Å². The van der Waals surface area contributed by atoms with E-state index >= 15 is 0 Å². The summed E-state index contributed by atoms with van der Waals surface area (Å²) in [6.45, 7) is 2.50. The minimum absolute atomic E-state index is 0.0369. The van der Waals surface area contributed by atoms with Crippen LogP contribution >= 0.6 is 22.9 Å². The van der Waals surface area contributed by atoms with E-state index in [9.17, 15) is 9.59 Å². The van der Waals surface area contributed by atoms with Crippen LogP contribution < -0.4 is 16.0 Å². The summed E-state index contributed by atoms with van der Waals surface area (Å²) in [5.41, 5.74) is 1.75. The monoisotopic (exact) mass is 460 g/mol. The summed E-state index contributed by atoms with van der Waals surface area (Å²) in [6, 6.07) is 5.44. The number of thiophene rings is 1. The molecule has 2 fully saturated rings. The molecule has 2 aromatic rings. The molecule has 2 heterocycles. The molecule has 6 nitrogen and oxygen atoms in total. The molecule has 0 spiro atoms. The molecule has 8 heteroatoms. The molecule has 2 saturated carbocycles. The zero-order chi connectivity index (χ0) is 21.8. The molecule has 3 N–H and O–H groups in total. The number of halogens is 1. The van der Waals surface area contributed by atoms with Gasteiger partial charge in [-0.25, -0.2) is 0 Å². The fraction of sp³-hybridized carbons (Fsp3) is 0.522. The van der Waals surface area contributed by atoms with Gasteiger partial charge in [0.05, 0.1) is 21.3 Å². The van der Waals surface area contributed by atoms with Gasteiger partial charge in [-0.3, -0.25) is 14.6 Å². The maximum absolute atomic E-state index is 12.9. The van der Waals surface area contributed by atoms with Gasteiger partial charge >= 0.3 is 0 Å². The largest absolute Gasteiger partial charge is 0.379 e. The van der Waals surface area contributed by atoms with E-state index < -0.39 is 6.04 Å². The number of nitrogens with zero attached hydrogens (tertiary/aromatic N) is 1. The van der Waals surface area contributed by atoms with Crippen molar-refractivity contribution in [1.82, 2.24) is 15.6 Å². The molecule has 4 rings (SSSR count). The molecular formula is C23H29ClN4O2S. The summed E-state index contributed by atoms with van der Waals surface area (Å²) in [5, 5.41) is 9.98. The number of carbonyl (C=O) groups is 2.